The summed E-state index contributed by atoms with van der Waals surface area (Å²) in [5.74, 6) is 0. The molecule has 0 aliphatic rings. The monoisotopic (exact) mass is 348 g/mol. The van der Waals surface area contributed by atoms with Crippen LogP contribution in [0.1, 0.15) is 0 Å². The standard InChI is InChI=1S/C9H6BrClN4O2S/c10-8-7(2-1-3-12-8)15-18(16,17)6-4-13-9(11)14-5-6/h1-5,15H. The molecule has 0 saturated carbocycles. The van der Waals surface area contributed by atoms with Crippen LogP contribution in [0.4, 0.5) is 5.69 Å². The second-order valence-electron chi connectivity index (χ2n) is 3.14. The molecule has 9 heteroatoms. The maximum Gasteiger partial charge on any atom is 0.265 e. The molecule has 0 bridgehead atoms. The van der Waals surface area contributed by atoms with E-state index in [1.165, 1.54) is 6.20 Å². The van der Waals surface area contributed by atoms with Gasteiger partial charge >= 0.3 is 0 Å². The average molecular weight is 350 g/mol. The molecule has 0 atom stereocenters. The van der Waals surface area contributed by atoms with E-state index in [0.29, 0.717) is 10.3 Å². The Balaban J connectivity index is 2.33. The van der Waals surface area contributed by atoms with Crippen molar-refractivity contribution in [1.29, 1.82) is 0 Å². The lowest BCUT2D eigenvalue weighted by molar-refractivity contribution is 0.600. The Morgan fingerprint density at radius 3 is 2.50 bits per heavy atom. The molecule has 0 fully saturated rings. The van der Waals surface area contributed by atoms with E-state index >= 15 is 0 Å². The van der Waals surface area contributed by atoms with Crippen LogP contribution in [0.2, 0.25) is 5.28 Å². The van der Waals surface area contributed by atoms with Crippen LogP contribution in [-0.2, 0) is 10.0 Å². The second-order valence-corrected chi connectivity index (χ2v) is 5.91. The highest BCUT2D eigenvalue weighted by Crippen LogP contribution is 2.21. The molecular formula is C9H6BrClN4O2S. The third-order valence-corrected chi connectivity index (χ3v) is 4.06. The second kappa shape index (κ2) is 5.17. The van der Waals surface area contributed by atoms with Crippen LogP contribution in [0.15, 0.2) is 40.2 Å². The number of nitrogens with zero attached hydrogens (tertiary/aromatic N) is 3. The first-order valence-corrected chi connectivity index (χ1v) is 7.25. The van der Waals surface area contributed by atoms with Crippen LogP contribution >= 0.6 is 27.5 Å². The van der Waals surface area contributed by atoms with E-state index in [1.54, 1.807) is 12.1 Å². The van der Waals surface area contributed by atoms with Gasteiger partial charge in [-0.2, -0.15) is 0 Å². The van der Waals surface area contributed by atoms with E-state index in [-0.39, 0.29) is 10.2 Å². The highest BCUT2D eigenvalue weighted by molar-refractivity contribution is 9.10. The number of rotatable bonds is 3. The first-order valence-electron chi connectivity index (χ1n) is 4.60. The van der Waals surface area contributed by atoms with Gasteiger partial charge in [-0.15, -0.1) is 0 Å². The van der Waals surface area contributed by atoms with Crippen LogP contribution in [0.3, 0.4) is 0 Å². The summed E-state index contributed by atoms with van der Waals surface area (Å²) in [4.78, 5) is 11.1. The minimum Gasteiger partial charge on any atom is -0.277 e. The Bertz CT molecular complexity index is 663. The summed E-state index contributed by atoms with van der Waals surface area (Å²) in [6.45, 7) is 0. The zero-order chi connectivity index (χ0) is 13.2. The Morgan fingerprint density at radius 1 is 1.22 bits per heavy atom. The van der Waals surface area contributed by atoms with Gasteiger partial charge in [0.1, 0.15) is 9.50 Å². The van der Waals surface area contributed by atoms with Gasteiger partial charge in [-0.3, -0.25) is 4.72 Å². The van der Waals surface area contributed by atoms with Gasteiger partial charge in [0.25, 0.3) is 10.0 Å². The van der Waals surface area contributed by atoms with Crippen molar-refractivity contribution < 1.29 is 8.42 Å². The summed E-state index contributed by atoms with van der Waals surface area (Å²) < 4.78 is 26.7. The number of hydrogen-bond donors (Lipinski definition) is 1. The van der Waals surface area contributed by atoms with Gasteiger partial charge in [0.2, 0.25) is 5.28 Å². The summed E-state index contributed by atoms with van der Waals surface area (Å²) >= 11 is 8.63. The van der Waals surface area contributed by atoms with Crippen molar-refractivity contribution in [2.24, 2.45) is 0 Å². The number of nitrogens with one attached hydrogen (secondary N) is 1. The summed E-state index contributed by atoms with van der Waals surface area (Å²) in [6, 6.07) is 3.19. The van der Waals surface area contributed by atoms with Crippen molar-refractivity contribution in [3.05, 3.63) is 40.6 Å². The van der Waals surface area contributed by atoms with Crippen molar-refractivity contribution >= 4 is 43.2 Å². The lowest BCUT2D eigenvalue weighted by atomic mass is 10.4. The quantitative estimate of drug-likeness (QED) is 0.677. The molecule has 2 aromatic rings. The van der Waals surface area contributed by atoms with Crippen LogP contribution in [0, 0.1) is 0 Å². The fourth-order valence-corrected chi connectivity index (χ4v) is 2.64. The predicted octanol–water partition coefficient (Wildman–Crippen LogP) is 2.09. The number of anilines is 1. The molecule has 0 aliphatic heterocycles. The highest BCUT2D eigenvalue weighted by atomic mass is 79.9. The maximum atomic E-state index is 12.0. The predicted molar refractivity (Wildman–Crippen MR) is 69.8 cm³/mol. The van der Waals surface area contributed by atoms with E-state index in [0.717, 1.165) is 12.4 Å². The van der Waals surface area contributed by atoms with Crippen molar-refractivity contribution in [2.45, 2.75) is 4.90 Å². The number of halogens is 2. The zero-order valence-electron chi connectivity index (χ0n) is 8.71. The molecule has 2 rings (SSSR count). The molecule has 2 aromatic heterocycles. The molecule has 0 aromatic carbocycles. The van der Waals surface area contributed by atoms with E-state index in [2.05, 4.69) is 35.6 Å². The Morgan fingerprint density at radius 2 is 1.89 bits per heavy atom. The summed E-state index contributed by atoms with van der Waals surface area (Å²) in [5.41, 5.74) is 0.326. The minimum atomic E-state index is -3.76. The Kier molecular flexibility index (Phi) is 3.79. The number of sulfonamides is 1. The molecule has 0 saturated heterocycles. The Labute approximate surface area is 117 Å². The van der Waals surface area contributed by atoms with Gasteiger partial charge in [0, 0.05) is 6.20 Å². The maximum absolute atomic E-state index is 12.0. The van der Waals surface area contributed by atoms with Crippen molar-refractivity contribution in [3.63, 3.8) is 0 Å². The largest absolute Gasteiger partial charge is 0.277 e. The molecule has 18 heavy (non-hydrogen) atoms. The highest BCUT2D eigenvalue weighted by Gasteiger charge is 2.16. The van der Waals surface area contributed by atoms with Gasteiger partial charge in [0.15, 0.2) is 0 Å². The van der Waals surface area contributed by atoms with Gasteiger partial charge < -0.3 is 0 Å². The molecule has 1 N–H and O–H groups in total. The molecule has 0 radical (unpaired) electrons. The fraction of sp³-hybridized carbons (Fsp3) is 0. The molecule has 94 valence electrons. The zero-order valence-corrected chi connectivity index (χ0v) is 11.9. The normalized spacial score (nSPS) is 11.2. The topological polar surface area (TPSA) is 84.8 Å². The first kappa shape index (κ1) is 13.2. The van der Waals surface area contributed by atoms with Gasteiger partial charge in [-0.1, -0.05) is 0 Å². The number of pyridine rings is 1. The van der Waals surface area contributed by atoms with E-state index in [4.69, 9.17) is 11.6 Å². The van der Waals surface area contributed by atoms with E-state index < -0.39 is 10.0 Å². The molecule has 0 spiro atoms. The molecule has 0 unspecified atom stereocenters. The van der Waals surface area contributed by atoms with E-state index in [9.17, 15) is 8.42 Å². The van der Waals surface area contributed by atoms with Gasteiger partial charge in [-0.25, -0.2) is 23.4 Å². The Hall–Kier alpha value is -1.25. The lowest BCUT2D eigenvalue weighted by Crippen LogP contribution is -2.14. The third-order valence-electron chi connectivity index (χ3n) is 1.91. The molecular weight excluding hydrogens is 344 g/mol. The van der Waals surface area contributed by atoms with Crippen molar-refractivity contribution in [2.75, 3.05) is 4.72 Å². The molecule has 0 amide bonds. The average Bonchev–Trinajstić information content (AvgIpc) is 2.32. The number of aromatic nitrogens is 3. The molecule has 2 heterocycles. The van der Waals surface area contributed by atoms with Crippen LogP contribution < -0.4 is 4.72 Å². The third kappa shape index (κ3) is 2.95. The van der Waals surface area contributed by atoms with Gasteiger partial charge in [-0.05, 0) is 39.7 Å². The summed E-state index contributed by atoms with van der Waals surface area (Å²) in [5, 5.41) is -0.0171. The SMILES string of the molecule is O=S(=O)(Nc1cccnc1Br)c1cnc(Cl)nc1. The first-order chi connectivity index (χ1) is 8.49. The molecule has 0 aliphatic carbocycles. The smallest absolute Gasteiger partial charge is 0.265 e. The van der Waals surface area contributed by atoms with Crippen molar-refractivity contribution in [3.8, 4) is 0 Å². The van der Waals surface area contributed by atoms with Crippen LogP contribution in [0.5, 0.6) is 0 Å². The van der Waals surface area contributed by atoms with Crippen LogP contribution in [0.25, 0.3) is 0 Å². The summed E-state index contributed by atoms with van der Waals surface area (Å²) in [7, 11) is -3.76. The fourth-order valence-electron chi connectivity index (χ4n) is 1.11. The number of hydrogen-bond acceptors (Lipinski definition) is 5. The van der Waals surface area contributed by atoms with Crippen molar-refractivity contribution in [1.82, 2.24) is 15.0 Å². The lowest BCUT2D eigenvalue weighted by Gasteiger charge is -2.08. The van der Waals surface area contributed by atoms with Crippen LogP contribution in [-0.4, -0.2) is 23.4 Å². The molecule has 6 nitrogen and oxygen atoms in total. The summed E-state index contributed by atoms with van der Waals surface area (Å²) in [6.07, 6.45) is 3.79. The van der Waals surface area contributed by atoms with E-state index in [1.807, 2.05) is 0 Å². The minimum absolute atomic E-state index is 0.0171. The van der Waals surface area contributed by atoms with Gasteiger partial charge in [0.05, 0.1) is 18.1 Å².